The van der Waals surface area contributed by atoms with Crippen molar-refractivity contribution >= 4 is 16.6 Å². The van der Waals surface area contributed by atoms with Crippen molar-refractivity contribution in [2.45, 2.75) is 13.0 Å². The Morgan fingerprint density at radius 2 is 1.66 bits per heavy atom. The third kappa shape index (κ3) is 3.01. The Bertz CT molecular complexity index is 1780. The molecule has 6 rings (SSSR count). The van der Waals surface area contributed by atoms with Crippen LogP contribution in [0, 0.1) is 12.7 Å². The Morgan fingerprint density at radius 1 is 0.886 bits per heavy atom. The van der Waals surface area contributed by atoms with Crippen LogP contribution in [-0.2, 0) is 14.1 Å². The lowest BCUT2D eigenvalue weighted by Crippen LogP contribution is -2.37. The van der Waals surface area contributed by atoms with Crippen LogP contribution in [0.5, 0.6) is 0 Å². The number of nitrogens with one attached hydrogen (secondary N) is 1. The maximum Gasteiger partial charge on any atom is 0.331 e. The van der Waals surface area contributed by atoms with Gasteiger partial charge in [0.2, 0.25) is 0 Å². The second-order valence-electron chi connectivity index (χ2n) is 9.02. The number of para-hydroxylation sites is 2. The molecule has 174 valence electrons. The number of benzene rings is 3. The van der Waals surface area contributed by atoms with Crippen LogP contribution < -0.4 is 16.6 Å². The van der Waals surface area contributed by atoms with Gasteiger partial charge < -0.3 is 9.88 Å². The molecule has 35 heavy (non-hydrogen) atoms. The summed E-state index contributed by atoms with van der Waals surface area (Å²) in [4.78, 5) is 26.7. The minimum atomic E-state index is -0.487. The zero-order chi connectivity index (χ0) is 24.4. The molecule has 3 aromatic carbocycles. The van der Waals surface area contributed by atoms with Gasteiger partial charge in [0.05, 0.1) is 39.7 Å². The molecule has 1 aliphatic rings. The summed E-state index contributed by atoms with van der Waals surface area (Å²) in [7, 11) is 3.17. The molecule has 6 nitrogen and oxygen atoms in total. The minimum absolute atomic E-state index is 0.353. The predicted molar refractivity (Wildman–Crippen MR) is 136 cm³/mol. The number of hydrogen-bond donors (Lipinski definition) is 1. The largest absolute Gasteiger partial charge is 0.371 e. The van der Waals surface area contributed by atoms with Crippen molar-refractivity contribution in [3.8, 4) is 16.9 Å². The first kappa shape index (κ1) is 21.2. The molecule has 5 aromatic rings. The van der Waals surface area contributed by atoms with E-state index in [1.807, 2.05) is 61.5 Å². The molecule has 0 amide bonds. The van der Waals surface area contributed by atoms with Gasteiger partial charge in [-0.2, -0.15) is 0 Å². The summed E-state index contributed by atoms with van der Waals surface area (Å²) in [6.07, 6.45) is 0. The average Bonchev–Trinajstić information content (AvgIpc) is 3.22. The highest BCUT2D eigenvalue weighted by Crippen LogP contribution is 2.45. The van der Waals surface area contributed by atoms with Crippen LogP contribution in [0.25, 0.3) is 27.8 Å². The van der Waals surface area contributed by atoms with Crippen LogP contribution in [-0.4, -0.2) is 13.7 Å². The van der Waals surface area contributed by atoms with Gasteiger partial charge in [-0.25, -0.2) is 9.18 Å². The fourth-order valence-electron chi connectivity index (χ4n) is 5.22. The molecule has 0 bridgehead atoms. The molecule has 0 spiro atoms. The Balaban J connectivity index is 1.88. The van der Waals surface area contributed by atoms with Crippen LogP contribution in [0.1, 0.15) is 22.9 Å². The summed E-state index contributed by atoms with van der Waals surface area (Å²) < 4.78 is 19.1. The van der Waals surface area contributed by atoms with E-state index in [9.17, 15) is 14.0 Å². The number of aromatic nitrogens is 3. The molecule has 0 fully saturated rings. The molecule has 7 heteroatoms. The summed E-state index contributed by atoms with van der Waals surface area (Å²) in [5, 5.41) is 3.99. The van der Waals surface area contributed by atoms with E-state index in [2.05, 4.69) is 9.88 Å². The molecule has 1 N–H and O–H groups in total. The first-order valence-electron chi connectivity index (χ1n) is 11.4. The predicted octanol–water partition coefficient (Wildman–Crippen LogP) is 4.66. The summed E-state index contributed by atoms with van der Waals surface area (Å²) >= 11 is 0. The van der Waals surface area contributed by atoms with Gasteiger partial charge in [-0.3, -0.25) is 13.9 Å². The first-order chi connectivity index (χ1) is 16.9. The Hall–Kier alpha value is -4.39. The third-order valence-electron chi connectivity index (χ3n) is 6.80. The second-order valence-corrected chi connectivity index (χ2v) is 9.02. The zero-order valence-electron chi connectivity index (χ0n) is 19.5. The number of anilines is 1. The molecular weight excluding hydrogens is 443 g/mol. The summed E-state index contributed by atoms with van der Waals surface area (Å²) in [5.74, 6) is -0.353. The molecule has 1 atom stereocenters. The lowest BCUT2D eigenvalue weighted by atomic mass is 9.99. The van der Waals surface area contributed by atoms with Crippen molar-refractivity contribution in [3.63, 3.8) is 0 Å². The standard InChI is InChI=1S/C28H23FN4O2/c1-16-8-6-10-18(14-16)24-22-25(31(2)28(35)32(3)27(22)34)26-23(17-9-7-11-19(29)15-17)30-20-12-4-5-13-21(20)33(24)26/h4-15,23,30H,1-3H3. The first-order valence-corrected chi connectivity index (χ1v) is 11.4. The van der Waals surface area contributed by atoms with Gasteiger partial charge in [-0.15, -0.1) is 0 Å². The van der Waals surface area contributed by atoms with Crippen molar-refractivity contribution in [2.75, 3.05) is 5.32 Å². The van der Waals surface area contributed by atoms with Crippen LogP contribution in [0.3, 0.4) is 0 Å². The van der Waals surface area contributed by atoms with Crippen molar-refractivity contribution in [2.24, 2.45) is 14.1 Å². The highest BCUT2D eigenvalue weighted by molar-refractivity contribution is 5.99. The molecule has 3 heterocycles. The SMILES string of the molecule is Cc1cccc(-c2c3c(=O)n(C)c(=O)n(C)c3c3n2-c2ccccc2NC3c2cccc(F)c2)c1. The lowest BCUT2D eigenvalue weighted by Gasteiger charge is -2.31. The summed E-state index contributed by atoms with van der Waals surface area (Å²) in [6.45, 7) is 2.00. The number of hydrogen-bond acceptors (Lipinski definition) is 3. The Kier molecular flexibility index (Phi) is 4.57. The lowest BCUT2D eigenvalue weighted by molar-refractivity contribution is 0.623. The molecule has 1 unspecified atom stereocenters. The highest BCUT2D eigenvalue weighted by atomic mass is 19.1. The van der Waals surface area contributed by atoms with Gasteiger partial charge in [0.1, 0.15) is 5.82 Å². The van der Waals surface area contributed by atoms with Crippen LogP contribution in [0.4, 0.5) is 10.1 Å². The van der Waals surface area contributed by atoms with Gasteiger partial charge in [0, 0.05) is 14.1 Å². The van der Waals surface area contributed by atoms with Gasteiger partial charge >= 0.3 is 5.69 Å². The normalized spacial score (nSPS) is 14.5. The van der Waals surface area contributed by atoms with E-state index in [1.54, 1.807) is 13.1 Å². The van der Waals surface area contributed by atoms with E-state index in [0.29, 0.717) is 22.2 Å². The van der Waals surface area contributed by atoms with Crippen LogP contribution >= 0.6 is 0 Å². The number of aryl methyl sites for hydroxylation is 2. The fourth-order valence-corrected chi connectivity index (χ4v) is 5.22. The monoisotopic (exact) mass is 466 g/mol. The number of rotatable bonds is 2. The molecule has 0 saturated carbocycles. The van der Waals surface area contributed by atoms with E-state index < -0.39 is 11.7 Å². The maximum absolute atomic E-state index is 14.3. The highest BCUT2D eigenvalue weighted by Gasteiger charge is 2.34. The van der Waals surface area contributed by atoms with E-state index >= 15 is 0 Å². The van der Waals surface area contributed by atoms with Gasteiger partial charge in [0.15, 0.2) is 0 Å². The molecule has 0 radical (unpaired) electrons. The quantitative estimate of drug-likeness (QED) is 0.412. The fraction of sp³-hybridized carbons (Fsp3) is 0.143. The van der Waals surface area contributed by atoms with Crippen molar-refractivity contribution < 1.29 is 4.39 Å². The Labute approximate surface area is 200 Å². The van der Waals surface area contributed by atoms with Gasteiger partial charge in [0.25, 0.3) is 5.56 Å². The van der Waals surface area contributed by atoms with Crippen LogP contribution in [0.15, 0.2) is 82.4 Å². The second kappa shape index (κ2) is 7.56. The number of nitrogens with zero attached hydrogens (tertiary/aromatic N) is 3. The number of fused-ring (bicyclic) bond motifs is 5. The topological polar surface area (TPSA) is 61.0 Å². The summed E-state index contributed by atoms with van der Waals surface area (Å²) in [5.41, 5.74) is 5.52. The average molecular weight is 467 g/mol. The van der Waals surface area contributed by atoms with Crippen molar-refractivity contribution in [1.29, 1.82) is 0 Å². The minimum Gasteiger partial charge on any atom is -0.371 e. The van der Waals surface area contributed by atoms with Gasteiger partial charge in [-0.05, 0) is 48.4 Å². The molecule has 1 aliphatic heterocycles. The van der Waals surface area contributed by atoms with E-state index in [1.165, 1.54) is 23.7 Å². The third-order valence-corrected chi connectivity index (χ3v) is 6.80. The molecule has 0 saturated heterocycles. The summed E-state index contributed by atoms with van der Waals surface area (Å²) in [6, 6.07) is 21.7. The van der Waals surface area contributed by atoms with E-state index in [0.717, 1.165) is 32.8 Å². The number of halogens is 1. The maximum atomic E-state index is 14.3. The van der Waals surface area contributed by atoms with E-state index in [-0.39, 0.29) is 11.4 Å². The Morgan fingerprint density at radius 3 is 2.43 bits per heavy atom. The zero-order valence-corrected chi connectivity index (χ0v) is 19.5. The van der Waals surface area contributed by atoms with Crippen LogP contribution in [0.2, 0.25) is 0 Å². The molecule has 2 aromatic heterocycles. The smallest absolute Gasteiger partial charge is 0.331 e. The molecular formula is C28H23FN4O2. The van der Waals surface area contributed by atoms with Gasteiger partial charge in [-0.1, -0.05) is 48.0 Å². The van der Waals surface area contributed by atoms with Crippen molar-refractivity contribution in [3.05, 3.63) is 116 Å². The van der Waals surface area contributed by atoms with Crippen molar-refractivity contribution in [1.82, 2.24) is 13.7 Å². The molecule has 0 aliphatic carbocycles. The van der Waals surface area contributed by atoms with E-state index in [4.69, 9.17) is 0 Å².